The van der Waals surface area contributed by atoms with E-state index in [2.05, 4.69) is 5.32 Å². The first kappa shape index (κ1) is 14.0. The zero-order valence-corrected chi connectivity index (χ0v) is 11.2. The summed E-state index contributed by atoms with van der Waals surface area (Å²) in [7, 11) is 0. The molecule has 0 unspecified atom stereocenters. The minimum atomic E-state index is -0.544. The maximum Gasteiger partial charge on any atom is 0.248 e. The summed E-state index contributed by atoms with van der Waals surface area (Å²) < 4.78 is 0. The van der Waals surface area contributed by atoms with Gasteiger partial charge < -0.3 is 21.3 Å². The number of carbonyl (C=O) groups is 1. The van der Waals surface area contributed by atoms with Crippen molar-refractivity contribution < 1.29 is 15.0 Å². The van der Waals surface area contributed by atoms with E-state index in [4.69, 9.17) is 17.3 Å². The summed E-state index contributed by atoms with van der Waals surface area (Å²) in [4.78, 5) is 11.1. The van der Waals surface area contributed by atoms with Gasteiger partial charge in [0.2, 0.25) is 5.91 Å². The Morgan fingerprint density at radius 1 is 1.20 bits per heavy atom. The lowest BCUT2D eigenvalue weighted by Crippen LogP contribution is -2.11. The zero-order chi connectivity index (χ0) is 14.7. The number of primary amides is 1. The number of amides is 1. The second kappa shape index (κ2) is 5.71. The molecule has 0 aromatic heterocycles. The number of hydrogen-bond donors (Lipinski definition) is 4. The highest BCUT2D eigenvalue weighted by Gasteiger charge is 2.07. The molecule has 5 nitrogen and oxygen atoms in total. The van der Waals surface area contributed by atoms with E-state index in [1.807, 2.05) is 0 Å². The standard InChI is InChI=1S/C14H13ClN2O3/c15-11-4-2-8(14(16)20)5-12(11)17-7-9-1-3-10(18)6-13(9)19/h1-6,17-19H,7H2,(H2,16,20). The van der Waals surface area contributed by atoms with Gasteiger partial charge in [-0.3, -0.25) is 4.79 Å². The molecule has 0 bridgehead atoms. The fourth-order valence-electron chi connectivity index (χ4n) is 1.71. The van der Waals surface area contributed by atoms with Gasteiger partial charge in [0.15, 0.2) is 0 Å². The number of nitrogens with two attached hydrogens (primary N) is 1. The average molecular weight is 293 g/mol. The molecular weight excluding hydrogens is 280 g/mol. The monoisotopic (exact) mass is 292 g/mol. The largest absolute Gasteiger partial charge is 0.508 e. The number of carbonyl (C=O) groups excluding carboxylic acids is 1. The SMILES string of the molecule is NC(=O)c1ccc(Cl)c(NCc2ccc(O)cc2O)c1. The third-order valence-electron chi connectivity index (χ3n) is 2.79. The normalized spacial score (nSPS) is 10.2. The van der Waals surface area contributed by atoms with Crippen molar-refractivity contribution in [1.29, 1.82) is 0 Å². The molecule has 5 N–H and O–H groups in total. The first-order valence-corrected chi connectivity index (χ1v) is 6.19. The molecule has 2 aromatic rings. The Balaban J connectivity index is 2.18. The molecular formula is C14H13ClN2O3. The van der Waals surface area contributed by atoms with Gasteiger partial charge in [0.25, 0.3) is 0 Å². The molecule has 0 aliphatic heterocycles. The number of halogens is 1. The van der Waals surface area contributed by atoms with E-state index >= 15 is 0 Å². The highest BCUT2D eigenvalue weighted by Crippen LogP contribution is 2.26. The van der Waals surface area contributed by atoms with Gasteiger partial charge in [0.1, 0.15) is 11.5 Å². The van der Waals surface area contributed by atoms with Crippen LogP contribution in [0, 0.1) is 0 Å². The van der Waals surface area contributed by atoms with Crippen LogP contribution < -0.4 is 11.1 Å². The Hall–Kier alpha value is -2.40. The van der Waals surface area contributed by atoms with Gasteiger partial charge in [-0.15, -0.1) is 0 Å². The van der Waals surface area contributed by atoms with E-state index in [1.165, 1.54) is 18.2 Å². The lowest BCUT2D eigenvalue weighted by Gasteiger charge is -2.11. The average Bonchev–Trinajstić information content (AvgIpc) is 2.39. The number of anilines is 1. The fourth-order valence-corrected chi connectivity index (χ4v) is 1.89. The van der Waals surface area contributed by atoms with Crippen LogP contribution in [-0.2, 0) is 6.54 Å². The summed E-state index contributed by atoms with van der Waals surface area (Å²) >= 11 is 6.02. The van der Waals surface area contributed by atoms with Gasteiger partial charge in [-0.2, -0.15) is 0 Å². The van der Waals surface area contributed by atoms with Crippen LogP contribution in [0.25, 0.3) is 0 Å². The van der Waals surface area contributed by atoms with Crippen LogP contribution in [0.5, 0.6) is 11.5 Å². The quantitative estimate of drug-likeness (QED) is 0.696. The lowest BCUT2D eigenvalue weighted by molar-refractivity contribution is 0.100. The lowest BCUT2D eigenvalue weighted by atomic mass is 10.1. The van der Waals surface area contributed by atoms with Gasteiger partial charge >= 0.3 is 0 Å². The number of aromatic hydroxyl groups is 2. The number of phenolic OH excluding ortho intramolecular Hbond substituents is 2. The van der Waals surface area contributed by atoms with Gasteiger partial charge in [-0.1, -0.05) is 11.6 Å². The molecule has 20 heavy (non-hydrogen) atoms. The maximum absolute atomic E-state index is 11.1. The molecule has 0 saturated carbocycles. The van der Waals surface area contributed by atoms with E-state index in [1.54, 1.807) is 18.2 Å². The van der Waals surface area contributed by atoms with Crippen LogP contribution in [0.1, 0.15) is 15.9 Å². The Labute approximate surface area is 120 Å². The van der Waals surface area contributed by atoms with Crippen LogP contribution in [-0.4, -0.2) is 16.1 Å². The van der Waals surface area contributed by atoms with E-state index < -0.39 is 5.91 Å². The Morgan fingerprint density at radius 3 is 2.60 bits per heavy atom. The van der Waals surface area contributed by atoms with Gasteiger partial charge in [-0.05, 0) is 30.3 Å². The highest BCUT2D eigenvalue weighted by molar-refractivity contribution is 6.33. The van der Waals surface area contributed by atoms with Crippen LogP contribution in [0.2, 0.25) is 5.02 Å². The predicted octanol–water partition coefficient (Wildman–Crippen LogP) is 2.46. The molecule has 0 aliphatic rings. The number of hydrogen-bond acceptors (Lipinski definition) is 4. The zero-order valence-electron chi connectivity index (χ0n) is 10.4. The van der Waals surface area contributed by atoms with Crippen LogP contribution >= 0.6 is 11.6 Å². The topological polar surface area (TPSA) is 95.6 Å². The smallest absolute Gasteiger partial charge is 0.248 e. The molecule has 1 amide bonds. The number of nitrogens with one attached hydrogen (secondary N) is 1. The van der Waals surface area contributed by atoms with E-state index in [9.17, 15) is 15.0 Å². The Morgan fingerprint density at radius 2 is 1.95 bits per heavy atom. The second-order valence-electron chi connectivity index (χ2n) is 4.23. The molecule has 0 heterocycles. The van der Waals surface area contributed by atoms with Crippen molar-refractivity contribution in [1.82, 2.24) is 0 Å². The summed E-state index contributed by atoms with van der Waals surface area (Å²) in [6.45, 7) is 0.286. The van der Waals surface area contributed by atoms with Crippen molar-refractivity contribution in [3.05, 3.63) is 52.5 Å². The third-order valence-corrected chi connectivity index (χ3v) is 3.12. The van der Waals surface area contributed by atoms with Crippen LogP contribution in [0.4, 0.5) is 5.69 Å². The van der Waals surface area contributed by atoms with Crippen molar-refractivity contribution >= 4 is 23.2 Å². The van der Waals surface area contributed by atoms with E-state index in [-0.39, 0.29) is 18.0 Å². The Bertz CT molecular complexity index is 659. The summed E-state index contributed by atoms with van der Waals surface area (Å²) in [6, 6.07) is 8.96. The molecule has 2 aromatic carbocycles. The molecule has 0 atom stereocenters. The minimum Gasteiger partial charge on any atom is -0.508 e. The van der Waals surface area contributed by atoms with Crippen LogP contribution in [0.3, 0.4) is 0 Å². The summed E-state index contributed by atoms with van der Waals surface area (Å²) in [5.74, 6) is -0.586. The third kappa shape index (κ3) is 3.13. The Kier molecular flexibility index (Phi) is 4.00. The first-order chi connectivity index (χ1) is 9.47. The first-order valence-electron chi connectivity index (χ1n) is 5.81. The molecule has 0 spiro atoms. The molecule has 6 heteroatoms. The second-order valence-corrected chi connectivity index (χ2v) is 4.63. The van der Waals surface area contributed by atoms with E-state index in [0.717, 1.165) is 0 Å². The van der Waals surface area contributed by atoms with Crippen molar-refractivity contribution in [2.24, 2.45) is 5.73 Å². The molecule has 0 saturated heterocycles. The highest BCUT2D eigenvalue weighted by atomic mass is 35.5. The summed E-state index contributed by atoms with van der Waals surface area (Å²) in [5.41, 5.74) is 6.67. The van der Waals surface area contributed by atoms with Crippen molar-refractivity contribution in [3.63, 3.8) is 0 Å². The molecule has 2 rings (SSSR count). The van der Waals surface area contributed by atoms with E-state index in [0.29, 0.717) is 21.8 Å². The minimum absolute atomic E-state index is 0.0139. The molecule has 0 fully saturated rings. The van der Waals surface area contributed by atoms with Gasteiger partial charge in [-0.25, -0.2) is 0 Å². The number of phenols is 2. The van der Waals surface area contributed by atoms with Gasteiger partial charge in [0, 0.05) is 23.7 Å². The molecule has 104 valence electrons. The number of benzene rings is 2. The summed E-state index contributed by atoms with van der Waals surface area (Å²) in [6.07, 6.45) is 0. The number of rotatable bonds is 4. The predicted molar refractivity (Wildman–Crippen MR) is 77.1 cm³/mol. The van der Waals surface area contributed by atoms with Crippen molar-refractivity contribution in [3.8, 4) is 11.5 Å². The van der Waals surface area contributed by atoms with Crippen molar-refractivity contribution in [2.45, 2.75) is 6.54 Å². The van der Waals surface area contributed by atoms with Crippen molar-refractivity contribution in [2.75, 3.05) is 5.32 Å². The van der Waals surface area contributed by atoms with Crippen LogP contribution in [0.15, 0.2) is 36.4 Å². The molecule has 0 aliphatic carbocycles. The maximum atomic E-state index is 11.1. The van der Waals surface area contributed by atoms with Gasteiger partial charge in [0.05, 0.1) is 10.7 Å². The summed E-state index contributed by atoms with van der Waals surface area (Å²) in [5, 5.41) is 22.3. The molecule has 0 radical (unpaired) electrons. The fraction of sp³-hybridized carbons (Fsp3) is 0.0714.